The molecule has 15 heavy (non-hydrogen) atoms. The molecule has 0 amide bonds. The molecule has 0 radical (unpaired) electrons. The molecule has 82 valence electrons. The van der Waals surface area contributed by atoms with Crippen molar-refractivity contribution in [1.82, 2.24) is 5.32 Å². The number of benzene rings is 1. The second kappa shape index (κ2) is 4.54. The van der Waals surface area contributed by atoms with Gasteiger partial charge >= 0.3 is 0 Å². The summed E-state index contributed by atoms with van der Waals surface area (Å²) in [6.07, 6.45) is 3.63. The van der Waals surface area contributed by atoms with E-state index in [2.05, 4.69) is 33.4 Å². The second-order valence-corrected chi connectivity index (χ2v) is 4.76. The summed E-state index contributed by atoms with van der Waals surface area (Å²) in [4.78, 5) is 0. The lowest BCUT2D eigenvalue weighted by molar-refractivity contribution is 0.410. The molecule has 1 unspecified atom stereocenters. The van der Waals surface area contributed by atoms with Crippen molar-refractivity contribution >= 4 is 15.9 Å². The van der Waals surface area contributed by atoms with Gasteiger partial charge in [0.05, 0.1) is 7.11 Å². The lowest BCUT2D eigenvalue weighted by Crippen LogP contribution is -2.21. The molecule has 0 fully saturated rings. The van der Waals surface area contributed by atoms with Crippen molar-refractivity contribution in [3.05, 3.63) is 27.7 Å². The number of ether oxygens (including phenoxy) is 1. The minimum absolute atomic E-state index is 0.472. The molecular formula is C12H16BrNO. The lowest BCUT2D eigenvalue weighted by atomic mass is 9.87. The maximum atomic E-state index is 5.30. The SMILES string of the molecule is CNC1CCCc2c(Br)cc(OC)cc21. The quantitative estimate of drug-likeness (QED) is 0.891. The fraction of sp³-hybridized carbons (Fsp3) is 0.500. The van der Waals surface area contributed by atoms with E-state index in [-0.39, 0.29) is 0 Å². The monoisotopic (exact) mass is 269 g/mol. The van der Waals surface area contributed by atoms with E-state index >= 15 is 0 Å². The van der Waals surface area contributed by atoms with Gasteiger partial charge in [0, 0.05) is 10.5 Å². The maximum Gasteiger partial charge on any atom is 0.120 e. The molecule has 1 aromatic rings. The first-order valence-electron chi connectivity index (χ1n) is 5.30. The van der Waals surface area contributed by atoms with Crippen LogP contribution >= 0.6 is 15.9 Å². The molecule has 0 bridgehead atoms. The molecule has 1 aliphatic rings. The number of halogens is 1. The second-order valence-electron chi connectivity index (χ2n) is 3.91. The molecule has 2 nitrogen and oxygen atoms in total. The van der Waals surface area contributed by atoms with E-state index in [0.29, 0.717) is 6.04 Å². The largest absolute Gasteiger partial charge is 0.497 e. The van der Waals surface area contributed by atoms with E-state index in [1.807, 2.05) is 7.05 Å². The Morgan fingerprint density at radius 2 is 2.27 bits per heavy atom. The normalized spacial score (nSPS) is 19.8. The first kappa shape index (κ1) is 11.0. The van der Waals surface area contributed by atoms with Crippen LogP contribution in [-0.4, -0.2) is 14.2 Å². The Kier molecular flexibility index (Phi) is 3.32. The third-order valence-corrected chi connectivity index (χ3v) is 3.79. The van der Waals surface area contributed by atoms with E-state index in [1.165, 1.54) is 28.4 Å². The van der Waals surface area contributed by atoms with Gasteiger partial charge in [0.15, 0.2) is 0 Å². The molecule has 1 aliphatic carbocycles. The molecule has 1 N–H and O–H groups in total. The van der Waals surface area contributed by atoms with Crippen LogP contribution in [-0.2, 0) is 6.42 Å². The average molecular weight is 270 g/mol. The summed E-state index contributed by atoms with van der Waals surface area (Å²) in [7, 11) is 3.73. The Bertz CT molecular complexity index is 365. The highest BCUT2D eigenvalue weighted by Crippen LogP contribution is 2.37. The van der Waals surface area contributed by atoms with Crippen LogP contribution in [0.2, 0.25) is 0 Å². The van der Waals surface area contributed by atoms with Gasteiger partial charge in [-0.3, -0.25) is 0 Å². The molecule has 0 saturated carbocycles. The highest BCUT2D eigenvalue weighted by molar-refractivity contribution is 9.10. The molecule has 0 saturated heterocycles. The summed E-state index contributed by atoms with van der Waals surface area (Å²) in [5.74, 6) is 0.933. The summed E-state index contributed by atoms with van der Waals surface area (Å²) in [6.45, 7) is 0. The Balaban J connectivity index is 2.48. The van der Waals surface area contributed by atoms with Gasteiger partial charge in [-0.05, 0) is 49.6 Å². The first-order chi connectivity index (χ1) is 7.26. The summed E-state index contributed by atoms with van der Waals surface area (Å²) in [5, 5.41) is 3.36. The number of hydrogen-bond acceptors (Lipinski definition) is 2. The summed E-state index contributed by atoms with van der Waals surface area (Å²) < 4.78 is 6.47. The van der Waals surface area contributed by atoms with Gasteiger partial charge in [0.2, 0.25) is 0 Å². The lowest BCUT2D eigenvalue weighted by Gasteiger charge is -2.26. The Labute approximate surface area is 99.1 Å². The number of hydrogen-bond donors (Lipinski definition) is 1. The van der Waals surface area contributed by atoms with Crippen LogP contribution in [0.15, 0.2) is 16.6 Å². The summed E-state index contributed by atoms with van der Waals surface area (Å²) in [6, 6.07) is 4.68. The molecule has 0 spiro atoms. The fourth-order valence-corrected chi connectivity index (χ4v) is 2.92. The number of fused-ring (bicyclic) bond motifs is 1. The van der Waals surface area contributed by atoms with E-state index in [1.54, 1.807) is 7.11 Å². The third kappa shape index (κ3) is 2.04. The number of methoxy groups -OCH3 is 1. The predicted molar refractivity (Wildman–Crippen MR) is 65.4 cm³/mol. The van der Waals surface area contributed by atoms with E-state index in [0.717, 1.165) is 12.2 Å². The van der Waals surface area contributed by atoms with Crippen molar-refractivity contribution in [2.24, 2.45) is 0 Å². The molecule has 1 aromatic carbocycles. The van der Waals surface area contributed by atoms with Crippen molar-refractivity contribution in [1.29, 1.82) is 0 Å². The van der Waals surface area contributed by atoms with Crippen LogP contribution < -0.4 is 10.1 Å². The molecule has 0 aliphatic heterocycles. The molecule has 2 rings (SSSR count). The predicted octanol–water partition coefficient (Wildman–Crippen LogP) is 3.05. The average Bonchev–Trinajstić information content (AvgIpc) is 2.28. The van der Waals surface area contributed by atoms with Gasteiger partial charge in [0.25, 0.3) is 0 Å². The van der Waals surface area contributed by atoms with Crippen molar-refractivity contribution in [2.45, 2.75) is 25.3 Å². The van der Waals surface area contributed by atoms with Gasteiger partial charge < -0.3 is 10.1 Å². The fourth-order valence-electron chi connectivity index (χ4n) is 2.26. The Hall–Kier alpha value is -0.540. The van der Waals surface area contributed by atoms with Crippen LogP contribution in [0.4, 0.5) is 0 Å². The minimum Gasteiger partial charge on any atom is -0.497 e. The zero-order valence-electron chi connectivity index (χ0n) is 9.14. The third-order valence-electron chi connectivity index (χ3n) is 3.08. The standard InChI is InChI=1S/C12H16BrNO/c1-14-12-5-3-4-9-10(12)6-8(15-2)7-11(9)13/h6-7,12,14H,3-5H2,1-2H3. The van der Waals surface area contributed by atoms with Crippen molar-refractivity contribution in [3.63, 3.8) is 0 Å². The molecule has 1 atom stereocenters. The van der Waals surface area contributed by atoms with Gasteiger partial charge in [-0.1, -0.05) is 15.9 Å². The van der Waals surface area contributed by atoms with Crippen LogP contribution in [0, 0.1) is 0 Å². The zero-order valence-corrected chi connectivity index (χ0v) is 10.7. The highest BCUT2D eigenvalue weighted by atomic mass is 79.9. The minimum atomic E-state index is 0.472. The molecule has 0 heterocycles. The van der Waals surface area contributed by atoms with Gasteiger partial charge in [-0.15, -0.1) is 0 Å². The number of rotatable bonds is 2. The highest BCUT2D eigenvalue weighted by Gasteiger charge is 2.21. The molecular weight excluding hydrogens is 254 g/mol. The molecule has 3 heteroatoms. The van der Waals surface area contributed by atoms with E-state index < -0.39 is 0 Å². The topological polar surface area (TPSA) is 21.3 Å². The van der Waals surface area contributed by atoms with Crippen LogP contribution in [0.1, 0.15) is 30.0 Å². The van der Waals surface area contributed by atoms with Crippen molar-refractivity contribution in [2.75, 3.05) is 14.2 Å². The van der Waals surface area contributed by atoms with Crippen LogP contribution in [0.25, 0.3) is 0 Å². The van der Waals surface area contributed by atoms with Crippen molar-refractivity contribution < 1.29 is 4.74 Å². The Morgan fingerprint density at radius 1 is 1.47 bits per heavy atom. The van der Waals surface area contributed by atoms with Gasteiger partial charge in [0.1, 0.15) is 5.75 Å². The van der Waals surface area contributed by atoms with E-state index in [9.17, 15) is 0 Å². The Morgan fingerprint density at radius 3 is 2.93 bits per heavy atom. The van der Waals surface area contributed by atoms with E-state index in [4.69, 9.17) is 4.74 Å². The van der Waals surface area contributed by atoms with Crippen LogP contribution in [0.5, 0.6) is 5.75 Å². The van der Waals surface area contributed by atoms with Gasteiger partial charge in [-0.25, -0.2) is 0 Å². The maximum absolute atomic E-state index is 5.30. The smallest absolute Gasteiger partial charge is 0.120 e. The van der Waals surface area contributed by atoms with Gasteiger partial charge in [-0.2, -0.15) is 0 Å². The zero-order chi connectivity index (χ0) is 10.8. The van der Waals surface area contributed by atoms with Crippen molar-refractivity contribution in [3.8, 4) is 5.75 Å². The number of nitrogens with one attached hydrogen (secondary N) is 1. The molecule has 0 aromatic heterocycles. The van der Waals surface area contributed by atoms with Crippen LogP contribution in [0.3, 0.4) is 0 Å². The first-order valence-corrected chi connectivity index (χ1v) is 6.09. The summed E-state index contributed by atoms with van der Waals surface area (Å²) in [5.41, 5.74) is 2.82. The summed E-state index contributed by atoms with van der Waals surface area (Å²) >= 11 is 3.62.